The Balaban J connectivity index is -0.0000000465. The van der Waals surface area contributed by atoms with Crippen molar-refractivity contribution in [3.05, 3.63) is 0 Å². The van der Waals surface area contributed by atoms with E-state index in [1.165, 1.54) is 6.92 Å². The molecule has 0 unspecified atom stereocenters. The van der Waals surface area contributed by atoms with Gasteiger partial charge in [0.25, 0.3) is 5.97 Å². The molecule has 5 nitrogen and oxygen atoms in total. The fourth-order valence-electron chi connectivity index (χ4n) is 0.158. The molecule has 0 aromatic carbocycles. The Hall–Kier alpha value is -1.12. The van der Waals surface area contributed by atoms with Crippen LogP contribution in [-0.4, -0.2) is 28.3 Å². The number of carboxylic acid groups (broad SMARTS) is 1. The van der Waals surface area contributed by atoms with E-state index in [1.54, 1.807) is 6.07 Å². The number of carboxylic acids is 1. The van der Waals surface area contributed by atoms with Crippen molar-refractivity contribution in [2.45, 2.75) is 33.6 Å². The summed E-state index contributed by atoms with van der Waals surface area (Å²) in [6.07, 6.45) is 2.04. The van der Waals surface area contributed by atoms with E-state index in [9.17, 15) is 0 Å². The van der Waals surface area contributed by atoms with Crippen LogP contribution in [-0.2, 0) is 4.79 Å². The van der Waals surface area contributed by atoms with Gasteiger partial charge in [-0.3, -0.25) is 4.79 Å². The SMILES string of the molecule is CC#N.CC(=O)O.CCCCO.O. The minimum absolute atomic E-state index is 0. The molecule has 0 radical (unpaired) electrons. The van der Waals surface area contributed by atoms with Crippen LogP contribution >= 0.6 is 0 Å². The molecule has 0 aromatic heterocycles. The number of nitriles is 1. The van der Waals surface area contributed by atoms with E-state index >= 15 is 0 Å². The van der Waals surface area contributed by atoms with Crippen LogP contribution in [0.5, 0.6) is 0 Å². The van der Waals surface area contributed by atoms with Crippen LogP contribution in [0.25, 0.3) is 0 Å². The third kappa shape index (κ3) is 1110. The number of aliphatic carboxylic acids is 1. The summed E-state index contributed by atoms with van der Waals surface area (Å²) in [5, 5.41) is 22.8. The third-order valence-corrected chi connectivity index (χ3v) is 0.512. The summed E-state index contributed by atoms with van der Waals surface area (Å²) < 4.78 is 0. The summed E-state index contributed by atoms with van der Waals surface area (Å²) in [6.45, 7) is 4.91. The van der Waals surface area contributed by atoms with Crippen LogP contribution < -0.4 is 0 Å². The maximum Gasteiger partial charge on any atom is 0.300 e. The Labute approximate surface area is 78.9 Å². The first-order valence-corrected chi connectivity index (χ1v) is 3.67. The summed E-state index contributed by atoms with van der Waals surface area (Å²) in [6, 6.07) is 1.75. The standard InChI is InChI=1S/C4H10O.C2H3N.C2H4O2.H2O/c1-2-3-4-5;1-2-3;1-2(3)4;/h5H,2-4H2,1H3;1H3;1H3,(H,3,4);1H2. The Morgan fingerprint density at radius 2 is 1.77 bits per heavy atom. The van der Waals surface area contributed by atoms with Gasteiger partial charge >= 0.3 is 0 Å². The topological polar surface area (TPSA) is 113 Å². The fraction of sp³-hybridized carbons (Fsp3) is 0.750. The number of rotatable bonds is 2. The van der Waals surface area contributed by atoms with E-state index in [1.807, 2.05) is 0 Å². The zero-order valence-corrected chi connectivity index (χ0v) is 8.37. The Bertz CT molecular complexity index is 114. The lowest BCUT2D eigenvalue weighted by atomic mass is 10.4. The number of hydrogen-bond acceptors (Lipinski definition) is 3. The maximum absolute atomic E-state index is 9.00. The predicted molar refractivity (Wildman–Crippen MR) is 50.2 cm³/mol. The molecular formula is C8H19NO4. The van der Waals surface area contributed by atoms with E-state index in [0.29, 0.717) is 6.61 Å². The zero-order valence-electron chi connectivity index (χ0n) is 8.37. The third-order valence-electron chi connectivity index (χ3n) is 0.512. The van der Waals surface area contributed by atoms with Crippen LogP contribution in [0.2, 0.25) is 0 Å². The second-order valence-corrected chi connectivity index (χ2v) is 1.82. The summed E-state index contributed by atoms with van der Waals surface area (Å²) in [5.74, 6) is -0.833. The number of carbonyl (C=O) groups is 1. The zero-order chi connectivity index (χ0) is 10.4. The van der Waals surface area contributed by atoms with Crippen molar-refractivity contribution in [1.82, 2.24) is 0 Å². The minimum atomic E-state index is -0.833. The first-order chi connectivity index (χ1) is 5.56. The molecule has 0 aliphatic carbocycles. The van der Waals surface area contributed by atoms with Gasteiger partial charge in [-0.1, -0.05) is 13.3 Å². The summed E-state index contributed by atoms with van der Waals surface area (Å²) in [7, 11) is 0. The Morgan fingerprint density at radius 3 is 1.77 bits per heavy atom. The van der Waals surface area contributed by atoms with E-state index in [4.69, 9.17) is 20.3 Å². The van der Waals surface area contributed by atoms with Crippen molar-refractivity contribution in [2.75, 3.05) is 6.61 Å². The molecule has 0 saturated heterocycles. The van der Waals surface area contributed by atoms with Gasteiger partial charge in [-0.2, -0.15) is 5.26 Å². The first kappa shape index (κ1) is 22.6. The fourth-order valence-corrected chi connectivity index (χ4v) is 0.158. The van der Waals surface area contributed by atoms with Crippen molar-refractivity contribution in [1.29, 1.82) is 5.26 Å². The first-order valence-electron chi connectivity index (χ1n) is 3.67. The molecule has 13 heavy (non-hydrogen) atoms. The van der Waals surface area contributed by atoms with Gasteiger partial charge in [-0.25, -0.2) is 0 Å². The minimum Gasteiger partial charge on any atom is -0.481 e. The molecule has 0 bridgehead atoms. The number of unbranched alkanes of at least 4 members (excludes halogenated alkanes) is 1. The van der Waals surface area contributed by atoms with Crippen LogP contribution in [0.1, 0.15) is 33.6 Å². The lowest BCUT2D eigenvalue weighted by Crippen LogP contribution is -1.78. The van der Waals surface area contributed by atoms with Crippen LogP contribution in [0.3, 0.4) is 0 Å². The second-order valence-electron chi connectivity index (χ2n) is 1.82. The molecule has 0 amide bonds. The Kier molecular flexibility index (Phi) is 53.5. The largest absolute Gasteiger partial charge is 0.481 e. The molecular weight excluding hydrogens is 174 g/mol. The highest BCUT2D eigenvalue weighted by atomic mass is 16.4. The number of aliphatic hydroxyl groups excluding tert-OH is 1. The molecule has 0 spiro atoms. The number of nitrogens with zero attached hydrogens (tertiary/aromatic N) is 1. The van der Waals surface area contributed by atoms with Crippen molar-refractivity contribution >= 4 is 5.97 Å². The quantitative estimate of drug-likeness (QED) is 0.667. The molecule has 0 aliphatic heterocycles. The van der Waals surface area contributed by atoms with Gasteiger partial charge in [-0.05, 0) is 6.42 Å². The van der Waals surface area contributed by atoms with E-state index in [-0.39, 0.29) is 5.48 Å². The van der Waals surface area contributed by atoms with E-state index < -0.39 is 5.97 Å². The molecule has 80 valence electrons. The van der Waals surface area contributed by atoms with Crippen molar-refractivity contribution in [2.24, 2.45) is 0 Å². The Morgan fingerprint density at radius 1 is 1.54 bits per heavy atom. The molecule has 0 rings (SSSR count). The van der Waals surface area contributed by atoms with Gasteiger partial charge in [0.05, 0.1) is 6.07 Å². The molecule has 5 heteroatoms. The average Bonchev–Trinajstić information content (AvgIpc) is 1.89. The number of aliphatic hydroxyl groups is 1. The van der Waals surface area contributed by atoms with Crippen LogP contribution in [0, 0.1) is 11.3 Å². The molecule has 0 aliphatic rings. The van der Waals surface area contributed by atoms with Crippen molar-refractivity contribution < 1.29 is 20.5 Å². The predicted octanol–water partition coefficient (Wildman–Crippen LogP) is 0.575. The maximum atomic E-state index is 9.00. The highest BCUT2D eigenvalue weighted by Crippen LogP contribution is 1.78. The van der Waals surface area contributed by atoms with Crippen LogP contribution in [0.4, 0.5) is 0 Å². The van der Waals surface area contributed by atoms with Gasteiger partial charge in [0.15, 0.2) is 0 Å². The van der Waals surface area contributed by atoms with Crippen molar-refractivity contribution in [3.63, 3.8) is 0 Å². The summed E-state index contributed by atoms with van der Waals surface area (Å²) in [5.41, 5.74) is 0. The highest BCUT2D eigenvalue weighted by Gasteiger charge is 1.69. The summed E-state index contributed by atoms with van der Waals surface area (Å²) >= 11 is 0. The normalized spacial score (nSPS) is 5.77. The molecule has 0 saturated carbocycles. The van der Waals surface area contributed by atoms with Gasteiger partial charge in [0, 0.05) is 20.5 Å². The van der Waals surface area contributed by atoms with Gasteiger partial charge in [0.1, 0.15) is 0 Å². The average molecular weight is 193 g/mol. The van der Waals surface area contributed by atoms with E-state index in [0.717, 1.165) is 19.8 Å². The lowest BCUT2D eigenvalue weighted by molar-refractivity contribution is -0.134. The molecule has 4 N–H and O–H groups in total. The molecule has 0 fully saturated rings. The summed E-state index contributed by atoms with van der Waals surface area (Å²) in [4.78, 5) is 9.00. The lowest BCUT2D eigenvalue weighted by Gasteiger charge is -1.79. The molecule has 0 aromatic rings. The van der Waals surface area contributed by atoms with Crippen LogP contribution in [0.15, 0.2) is 0 Å². The van der Waals surface area contributed by atoms with E-state index in [2.05, 4.69) is 6.92 Å². The van der Waals surface area contributed by atoms with Gasteiger partial charge in [-0.15, -0.1) is 0 Å². The highest BCUT2D eigenvalue weighted by molar-refractivity contribution is 5.62. The number of hydrogen-bond donors (Lipinski definition) is 2. The molecule has 0 heterocycles. The van der Waals surface area contributed by atoms with Gasteiger partial charge in [0.2, 0.25) is 0 Å². The van der Waals surface area contributed by atoms with Crippen molar-refractivity contribution in [3.8, 4) is 6.07 Å². The smallest absolute Gasteiger partial charge is 0.300 e. The van der Waals surface area contributed by atoms with Gasteiger partial charge < -0.3 is 15.7 Å². The second kappa shape index (κ2) is 30.7. The monoisotopic (exact) mass is 193 g/mol. The molecule has 0 atom stereocenters.